The lowest BCUT2D eigenvalue weighted by Gasteiger charge is -2.24. The molecule has 1 heterocycles. The lowest BCUT2D eigenvalue weighted by atomic mass is 9.84. The number of ether oxygens (including phenoxy) is 1. The Bertz CT molecular complexity index is 1330. The van der Waals surface area contributed by atoms with E-state index in [1.807, 2.05) is 0 Å². The maximum absolute atomic E-state index is 13.2. The third-order valence-corrected chi connectivity index (χ3v) is 5.73. The molecule has 0 bridgehead atoms. The summed E-state index contributed by atoms with van der Waals surface area (Å²) in [6, 6.07) is 5.84. The molecule has 0 amide bonds. The van der Waals surface area contributed by atoms with Gasteiger partial charge in [-0.15, -0.1) is 0 Å². The summed E-state index contributed by atoms with van der Waals surface area (Å²) in [5.74, 6) is -4.94. The molecule has 1 unspecified atom stereocenters. The number of ketones is 3. The van der Waals surface area contributed by atoms with Crippen LogP contribution in [0.15, 0.2) is 45.7 Å². The van der Waals surface area contributed by atoms with E-state index in [4.69, 9.17) is 16.3 Å². The highest BCUT2D eigenvalue weighted by molar-refractivity contribution is 6.30. The fourth-order valence-electron chi connectivity index (χ4n) is 3.85. The van der Waals surface area contributed by atoms with Crippen molar-refractivity contribution in [2.24, 2.45) is 13.0 Å². The molecule has 0 aliphatic heterocycles. The molecule has 1 aromatic heterocycles. The van der Waals surface area contributed by atoms with Gasteiger partial charge in [0, 0.05) is 43.1 Å². The Morgan fingerprint density at radius 2 is 1.75 bits per heavy atom. The number of carbonyl (C=O) groups is 4. The van der Waals surface area contributed by atoms with Gasteiger partial charge in [-0.25, -0.2) is 9.36 Å². The molecular formula is C22H17ClN2O7. The first kappa shape index (κ1) is 21.6. The average molecular weight is 457 g/mol. The van der Waals surface area contributed by atoms with Crippen molar-refractivity contribution in [1.82, 2.24) is 9.13 Å². The second-order valence-electron chi connectivity index (χ2n) is 7.57. The van der Waals surface area contributed by atoms with Crippen LogP contribution in [0.25, 0.3) is 5.69 Å². The summed E-state index contributed by atoms with van der Waals surface area (Å²) in [5.41, 5.74) is -1.98. The van der Waals surface area contributed by atoms with Crippen LogP contribution in [0.5, 0.6) is 0 Å². The van der Waals surface area contributed by atoms with Gasteiger partial charge in [-0.3, -0.25) is 28.5 Å². The van der Waals surface area contributed by atoms with E-state index >= 15 is 0 Å². The van der Waals surface area contributed by atoms with E-state index in [0.29, 0.717) is 24.3 Å². The van der Waals surface area contributed by atoms with Crippen LogP contribution in [0, 0.1) is 5.92 Å². The summed E-state index contributed by atoms with van der Waals surface area (Å²) in [6.45, 7) is 0. The molecule has 4 rings (SSSR count). The predicted molar refractivity (Wildman–Crippen MR) is 112 cm³/mol. The summed E-state index contributed by atoms with van der Waals surface area (Å²) in [4.78, 5) is 75.9. The molecule has 0 saturated carbocycles. The number of aromatic nitrogens is 2. The van der Waals surface area contributed by atoms with E-state index < -0.39 is 46.7 Å². The number of halogens is 1. The quantitative estimate of drug-likeness (QED) is 0.504. The van der Waals surface area contributed by atoms with Gasteiger partial charge in [0.25, 0.3) is 5.56 Å². The molecule has 2 aliphatic carbocycles. The van der Waals surface area contributed by atoms with E-state index in [-0.39, 0.29) is 22.9 Å². The van der Waals surface area contributed by atoms with Crippen LogP contribution in [-0.2, 0) is 32.6 Å². The molecule has 9 nitrogen and oxygen atoms in total. The van der Waals surface area contributed by atoms with Crippen molar-refractivity contribution in [3.8, 4) is 5.69 Å². The normalized spacial score (nSPS) is 18.2. The van der Waals surface area contributed by atoms with Crippen LogP contribution in [0.2, 0.25) is 5.02 Å². The monoisotopic (exact) mass is 456 g/mol. The average Bonchev–Trinajstić information content (AvgIpc) is 2.73. The summed E-state index contributed by atoms with van der Waals surface area (Å²) < 4.78 is 6.98. The molecule has 164 valence electrons. The Hall–Kier alpha value is -3.59. The molecule has 2 aromatic rings. The first-order valence-corrected chi connectivity index (χ1v) is 10.2. The van der Waals surface area contributed by atoms with Crippen molar-refractivity contribution in [1.29, 1.82) is 0 Å². The zero-order chi connectivity index (χ0) is 23.2. The summed E-state index contributed by atoms with van der Waals surface area (Å²) in [7, 11) is 1.34. The Balaban J connectivity index is 1.79. The van der Waals surface area contributed by atoms with Gasteiger partial charge in [0.2, 0.25) is 0 Å². The van der Waals surface area contributed by atoms with Gasteiger partial charge >= 0.3 is 11.7 Å². The highest BCUT2D eigenvalue weighted by Gasteiger charge is 2.44. The molecule has 0 fully saturated rings. The Morgan fingerprint density at radius 3 is 2.41 bits per heavy atom. The molecule has 0 spiro atoms. The number of benzene rings is 1. The fraction of sp³-hybridized carbons (Fsp3) is 0.273. The second-order valence-corrected chi connectivity index (χ2v) is 8.01. The van der Waals surface area contributed by atoms with Crippen LogP contribution >= 0.6 is 11.6 Å². The Kier molecular flexibility index (Phi) is 5.52. The zero-order valence-electron chi connectivity index (χ0n) is 16.9. The standard InChI is InChI=1S/C22H17ClN2O7/c1-24-15-10-16(27)18(21(30)32-14-4-2-3-13(26)9-14)19(28)17(15)20(29)25(22(24)31)12-7-5-11(23)6-8-12/h5-9,18H,2-4,10H2,1H3. The van der Waals surface area contributed by atoms with Gasteiger partial charge in [-0.05, 0) is 30.7 Å². The van der Waals surface area contributed by atoms with E-state index in [9.17, 15) is 28.8 Å². The minimum Gasteiger partial charge on any atom is -0.430 e. The summed E-state index contributed by atoms with van der Waals surface area (Å²) in [6.07, 6.45) is 1.85. The topological polar surface area (TPSA) is 122 Å². The molecule has 32 heavy (non-hydrogen) atoms. The van der Waals surface area contributed by atoms with Gasteiger partial charge in [0.1, 0.15) is 11.3 Å². The predicted octanol–water partition coefficient (Wildman–Crippen LogP) is 1.29. The fourth-order valence-corrected chi connectivity index (χ4v) is 3.98. The van der Waals surface area contributed by atoms with Crippen molar-refractivity contribution in [2.75, 3.05) is 0 Å². The maximum atomic E-state index is 13.2. The highest BCUT2D eigenvalue weighted by Crippen LogP contribution is 2.24. The number of allylic oxidation sites excluding steroid dienone is 2. The Labute approximate surface area is 185 Å². The number of hydrogen-bond acceptors (Lipinski definition) is 7. The molecule has 0 N–H and O–H groups in total. The van der Waals surface area contributed by atoms with Gasteiger partial charge in [0.05, 0.1) is 5.69 Å². The number of nitrogens with zero attached hydrogens (tertiary/aromatic N) is 2. The molecule has 2 aliphatic rings. The number of carbonyl (C=O) groups excluding carboxylic acids is 4. The smallest absolute Gasteiger partial charge is 0.335 e. The van der Waals surface area contributed by atoms with Crippen LogP contribution in [0.4, 0.5) is 0 Å². The van der Waals surface area contributed by atoms with Crippen LogP contribution in [0.3, 0.4) is 0 Å². The minimum absolute atomic E-state index is 0.0590. The van der Waals surface area contributed by atoms with Gasteiger partial charge in [0.15, 0.2) is 23.3 Å². The molecular weight excluding hydrogens is 440 g/mol. The van der Waals surface area contributed by atoms with E-state index in [0.717, 1.165) is 9.13 Å². The van der Waals surface area contributed by atoms with Crippen LogP contribution in [0.1, 0.15) is 35.3 Å². The lowest BCUT2D eigenvalue weighted by Crippen LogP contribution is -2.49. The van der Waals surface area contributed by atoms with Gasteiger partial charge < -0.3 is 4.74 Å². The molecule has 1 atom stereocenters. The van der Waals surface area contributed by atoms with Crippen LogP contribution in [-0.4, -0.2) is 32.5 Å². The van der Waals surface area contributed by atoms with Crippen molar-refractivity contribution in [2.45, 2.75) is 25.7 Å². The summed E-state index contributed by atoms with van der Waals surface area (Å²) >= 11 is 5.87. The van der Waals surface area contributed by atoms with Gasteiger partial charge in [-0.1, -0.05) is 11.6 Å². The summed E-state index contributed by atoms with van der Waals surface area (Å²) in [5, 5.41) is 0.386. The Morgan fingerprint density at radius 1 is 1.06 bits per heavy atom. The number of Topliss-reactive ketones (excluding diaryl/α,β-unsaturated/α-hetero) is 2. The SMILES string of the molecule is Cn1c2c(c(=O)n(-c3ccc(Cl)cc3)c1=O)C(=O)C(C(=O)OC1=CC(=O)CCC1)C(=O)C2. The third kappa shape index (κ3) is 3.64. The van der Waals surface area contributed by atoms with Crippen LogP contribution < -0.4 is 11.2 Å². The van der Waals surface area contributed by atoms with E-state index in [1.165, 1.54) is 37.4 Å². The van der Waals surface area contributed by atoms with Gasteiger partial charge in [-0.2, -0.15) is 0 Å². The second kappa shape index (κ2) is 8.16. The first-order chi connectivity index (χ1) is 15.2. The van der Waals surface area contributed by atoms with E-state index in [1.54, 1.807) is 0 Å². The minimum atomic E-state index is -1.84. The third-order valence-electron chi connectivity index (χ3n) is 5.48. The lowest BCUT2D eigenvalue weighted by molar-refractivity contribution is -0.146. The number of hydrogen-bond donors (Lipinski definition) is 0. The highest BCUT2D eigenvalue weighted by atomic mass is 35.5. The molecule has 0 saturated heterocycles. The van der Waals surface area contributed by atoms with E-state index in [2.05, 4.69) is 0 Å². The van der Waals surface area contributed by atoms with Crippen molar-refractivity contribution in [3.63, 3.8) is 0 Å². The van der Waals surface area contributed by atoms with Crippen molar-refractivity contribution < 1.29 is 23.9 Å². The number of esters is 1. The van der Waals surface area contributed by atoms with Crippen molar-refractivity contribution in [3.05, 3.63) is 73.2 Å². The number of fused-ring (bicyclic) bond motifs is 1. The van der Waals surface area contributed by atoms with Crippen molar-refractivity contribution >= 4 is 34.9 Å². The first-order valence-electron chi connectivity index (χ1n) is 9.82. The molecule has 10 heteroatoms. The zero-order valence-corrected chi connectivity index (χ0v) is 17.7. The maximum Gasteiger partial charge on any atom is 0.335 e. The number of rotatable bonds is 3. The molecule has 0 radical (unpaired) electrons. The molecule has 1 aromatic carbocycles. The largest absolute Gasteiger partial charge is 0.430 e.